The van der Waals surface area contributed by atoms with Crippen molar-refractivity contribution in [1.29, 1.82) is 0 Å². The van der Waals surface area contributed by atoms with Gasteiger partial charge in [-0.15, -0.1) is 0 Å². The molecule has 0 fully saturated rings. The van der Waals surface area contributed by atoms with Crippen molar-refractivity contribution < 1.29 is 23.9 Å². The molecule has 6 N–H and O–H groups in total. The summed E-state index contributed by atoms with van der Waals surface area (Å²) in [5, 5.41) is 13.8. The van der Waals surface area contributed by atoms with Crippen molar-refractivity contribution in [2.45, 2.75) is 12.8 Å². The number of aryl methyl sites for hydroxylation is 1. The molecule has 0 aliphatic heterocycles. The number of nitrogens with two attached hydrogens (primary N) is 1. The van der Waals surface area contributed by atoms with Crippen LogP contribution < -0.4 is 21.9 Å². The highest BCUT2D eigenvalue weighted by Crippen LogP contribution is 2.18. The Bertz CT molecular complexity index is 846. The third-order valence-corrected chi connectivity index (χ3v) is 3.39. The molecule has 0 bridgehead atoms. The average molecular weight is 373 g/mol. The summed E-state index contributed by atoms with van der Waals surface area (Å²) in [5.74, 6) is 3.57. The average Bonchev–Trinajstić information content (AvgIpc) is 3.09. The third-order valence-electron chi connectivity index (χ3n) is 3.39. The molecule has 1 aromatic carbocycles. The SMILES string of the molecule is NNC=Nc1cccc(C(=O)NCC(=O)Nc2ccoc2CCC(=O)O)c1. The van der Waals surface area contributed by atoms with E-state index in [4.69, 9.17) is 15.4 Å². The van der Waals surface area contributed by atoms with Crippen molar-refractivity contribution in [3.63, 3.8) is 0 Å². The van der Waals surface area contributed by atoms with Gasteiger partial charge in [-0.3, -0.25) is 14.4 Å². The van der Waals surface area contributed by atoms with Gasteiger partial charge < -0.3 is 25.6 Å². The Hall–Kier alpha value is -3.66. The largest absolute Gasteiger partial charge is 0.481 e. The minimum Gasteiger partial charge on any atom is -0.481 e. The van der Waals surface area contributed by atoms with Gasteiger partial charge in [0, 0.05) is 18.1 Å². The second-order valence-corrected chi connectivity index (χ2v) is 5.36. The highest BCUT2D eigenvalue weighted by Gasteiger charge is 2.13. The number of carbonyl (C=O) groups is 3. The molecule has 0 spiro atoms. The standard InChI is InChI=1S/C17H19N5O5/c18-21-10-20-12-3-1-2-11(8-12)17(26)19-9-15(23)22-13-6-7-27-14(13)4-5-16(24)25/h1-3,6-8,10H,4-5,9,18H2,(H,19,26)(H,20,21)(H,22,23)(H,24,25). The van der Waals surface area contributed by atoms with Crippen molar-refractivity contribution in [2.24, 2.45) is 10.8 Å². The topological polar surface area (TPSA) is 159 Å². The molecule has 142 valence electrons. The van der Waals surface area contributed by atoms with E-state index in [0.717, 1.165) is 0 Å². The van der Waals surface area contributed by atoms with Gasteiger partial charge in [0.2, 0.25) is 5.91 Å². The summed E-state index contributed by atoms with van der Waals surface area (Å²) in [6.07, 6.45) is 2.66. The number of carbonyl (C=O) groups excluding carboxylic acids is 2. The normalized spacial score (nSPS) is 10.6. The van der Waals surface area contributed by atoms with Gasteiger partial charge in [-0.1, -0.05) is 6.07 Å². The smallest absolute Gasteiger partial charge is 0.303 e. The molecular weight excluding hydrogens is 354 g/mol. The van der Waals surface area contributed by atoms with E-state index in [9.17, 15) is 14.4 Å². The summed E-state index contributed by atoms with van der Waals surface area (Å²) < 4.78 is 5.16. The van der Waals surface area contributed by atoms with Crippen LogP contribution >= 0.6 is 0 Å². The number of carboxylic acid groups (broad SMARTS) is 1. The van der Waals surface area contributed by atoms with Gasteiger partial charge in [-0.2, -0.15) is 0 Å². The maximum absolute atomic E-state index is 12.2. The molecule has 0 saturated carbocycles. The van der Waals surface area contributed by atoms with E-state index in [-0.39, 0.29) is 19.4 Å². The number of aliphatic carboxylic acids is 1. The number of furan rings is 1. The number of hydrogen-bond donors (Lipinski definition) is 5. The minimum absolute atomic E-state index is 0.119. The summed E-state index contributed by atoms with van der Waals surface area (Å²) in [5.41, 5.74) is 3.49. The van der Waals surface area contributed by atoms with Crippen molar-refractivity contribution in [3.8, 4) is 0 Å². The molecule has 0 atom stereocenters. The predicted octanol–water partition coefficient (Wildman–Crippen LogP) is 0.788. The molecule has 2 rings (SSSR count). The number of nitrogens with one attached hydrogen (secondary N) is 3. The molecule has 10 heteroatoms. The van der Waals surface area contributed by atoms with Gasteiger partial charge in [-0.05, 0) is 18.2 Å². The van der Waals surface area contributed by atoms with Crippen LogP contribution in [0.15, 0.2) is 46.0 Å². The summed E-state index contributed by atoms with van der Waals surface area (Å²) in [7, 11) is 0. The second kappa shape index (κ2) is 9.73. The van der Waals surface area contributed by atoms with Crippen LogP contribution in [0.4, 0.5) is 11.4 Å². The molecular formula is C17H19N5O5. The molecule has 27 heavy (non-hydrogen) atoms. The molecule has 1 heterocycles. The van der Waals surface area contributed by atoms with Gasteiger partial charge in [-0.25, -0.2) is 10.8 Å². The summed E-state index contributed by atoms with van der Waals surface area (Å²) in [6, 6.07) is 7.99. The maximum Gasteiger partial charge on any atom is 0.303 e. The molecule has 10 nitrogen and oxygen atoms in total. The first-order valence-corrected chi connectivity index (χ1v) is 7.94. The maximum atomic E-state index is 12.2. The molecule has 0 aliphatic carbocycles. The lowest BCUT2D eigenvalue weighted by Gasteiger charge is -2.07. The number of carboxylic acids is 1. The van der Waals surface area contributed by atoms with E-state index < -0.39 is 17.8 Å². The van der Waals surface area contributed by atoms with Crippen LogP contribution in [-0.2, 0) is 16.0 Å². The number of hydrogen-bond acceptors (Lipinski definition) is 6. The number of hydrazine groups is 1. The number of aliphatic imine (C=N–C) groups is 1. The molecule has 2 aromatic rings. The van der Waals surface area contributed by atoms with Crippen LogP contribution in [0.1, 0.15) is 22.5 Å². The molecule has 0 radical (unpaired) electrons. The molecule has 0 saturated heterocycles. The zero-order valence-corrected chi connectivity index (χ0v) is 14.3. The molecule has 2 amide bonds. The molecule has 0 aliphatic rings. The first-order valence-electron chi connectivity index (χ1n) is 7.94. The predicted molar refractivity (Wildman–Crippen MR) is 97.5 cm³/mol. The lowest BCUT2D eigenvalue weighted by atomic mass is 10.2. The van der Waals surface area contributed by atoms with Crippen LogP contribution in [0.5, 0.6) is 0 Å². The monoisotopic (exact) mass is 373 g/mol. The first kappa shape index (κ1) is 19.7. The van der Waals surface area contributed by atoms with Gasteiger partial charge >= 0.3 is 5.97 Å². The van der Waals surface area contributed by atoms with E-state index in [0.29, 0.717) is 22.7 Å². The van der Waals surface area contributed by atoms with Crippen molar-refractivity contribution in [2.75, 3.05) is 11.9 Å². The third kappa shape index (κ3) is 6.29. The van der Waals surface area contributed by atoms with E-state index >= 15 is 0 Å². The highest BCUT2D eigenvalue weighted by molar-refractivity contribution is 5.99. The fourth-order valence-electron chi connectivity index (χ4n) is 2.16. The zero-order chi connectivity index (χ0) is 19.6. The van der Waals surface area contributed by atoms with E-state index in [1.54, 1.807) is 24.3 Å². The number of nitrogens with zero attached hydrogens (tertiary/aromatic N) is 1. The van der Waals surface area contributed by atoms with Crippen molar-refractivity contribution in [1.82, 2.24) is 10.7 Å². The van der Waals surface area contributed by atoms with Gasteiger partial charge in [0.15, 0.2) is 0 Å². The molecule has 0 unspecified atom stereocenters. The number of rotatable bonds is 9. The number of benzene rings is 1. The van der Waals surface area contributed by atoms with E-state index in [1.807, 2.05) is 0 Å². The van der Waals surface area contributed by atoms with E-state index in [1.165, 1.54) is 18.7 Å². The lowest BCUT2D eigenvalue weighted by Crippen LogP contribution is -2.32. The first-order chi connectivity index (χ1) is 13.0. The van der Waals surface area contributed by atoms with Crippen LogP contribution in [0.2, 0.25) is 0 Å². The van der Waals surface area contributed by atoms with Crippen molar-refractivity contribution in [3.05, 3.63) is 47.9 Å². The van der Waals surface area contributed by atoms with E-state index in [2.05, 4.69) is 21.1 Å². The Morgan fingerprint density at radius 3 is 2.81 bits per heavy atom. The minimum atomic E-state index is -0.968. The second-order valence-electron chi connectivity index (χ2n) is 5.36. The Morgan fingerprint density at radius 1 is 1.26 bits per heavy atom. The fraction of sp³-hybridized carbons (Fsp3) is 0.176. The van der Waals surface area contributed by atoms with Crippen LogP contribution in [-0.4, -0.2) is 35.8 Å². The Morgan fingerprint density at radius 2 is 2.07 bits per heavy atom. The molecule has 1 aromatic heterocycles. The zero-order valence-electron chi connectivity index (χ0n) is 14.3. The van der Waals surface area contributed by atoms with Gasteiger partial charge in [0.1, 0.15) is 12.1 Å². The van der Waals surface area contributed by atoms with Crippen LogP contribution in [0.3, 0.4) is 0 Å². The van der Waals surface area contributed by atoms with Gasteiger partial charge in [0.05, 0.1) is 30.6 Å². The summed E-state index contributed by atoms with van der Waals surface area (Å²) in [4.78, 5) is 38.8. The highest BCUT2D eigenvalue weighted by atomic mass is 16.4. The number of anilines is 1. The van der Waals surface area contributed by atoms with Crippen molar-refractivity contribution >= 4 is 35.5 Å². The fourth-order valence-corrected chi connectivity index (χ4v) is 2.16. The van der Waals surface area contributed by atoms with Crippen LogP contribution in [0.25, 0.3) is 0 Å². The summed E-state index contributed by atoms with van der Waals surface area (Å²) in [6.45, 7) is -0.264. The van der Waals surface area contributed by atoms with Crippen LogP contribution in [0, 0.1) is 0 Å². The Labute approximate surface area is 154 Å². The number of amides is 2. The summed E-state index contributed by atoms with van der Waals surface area (Å²) >= 11 is 0. The Kier molecular flexibility index (Phi) is 7.08. The Balaban J connectivity index is 1.89. The quantitative estimate of drug-likeness (QED) is 0.188. The van der Waals surface area contributed by atoms with Gasteiger partial charge in [0.25, 0.3) is 5.91 Å². The lowest BCUT2D eigenvalue weighted by molar-refractivity contribution is -0.137.